The topological polar surface area (TPSA) is 78.1 Å². The second-order valence-corrected chi connectivity index (χ2v) is 5.67. The summed E-state index contributed by atoms with van der Waals surface area (Å²) < 4.78 is 11.4. The molecule has 0 aliphatic rings. The van der Waals surface area contributed by atoms with E-state index in [0.29, 0.717) is 16.6 Å². The highest BCUT2D eigenvalue weighted by Crippen LogP contribution is 2.26. The number of halogens is 2. The van der Waals surface area contributed by atoms with Crippen LogP contribution in [0.3, 0.4) is 0 Å². The van der Waals surface area contributed by atoms with Gasteiger partial charge in [0.15, 0.2) is 6.61 Å². The summed E-state index contributed by atoms with van der Waals surface area (Å²) in [6.07, 6.45) is 1.34. The van der Waals surface area contributed by atoms with Crippen molar-refractivity contribution < 1.29 is 13.9 Å². The zero-order valence-electron chi connectivity index (χ0n) is 11.6. The summed E-state index contributed by atoms with van der Waals surface area (Å²) in [6, 6.07) is 10.5. The van der Waals surface area contributed by atoms with Gasteiger partial charge in [0.1, 0.15) is 5.15 Å². The van der Waals surface area contributed by atoms with E-state index in [2.05, 4.69) is 31.1 Å². The van der Waals surface area contributed by atoms with Crippen LogP contribution in [0.15, 0.2) is 51.5 Å². The number of aromatic nitrogens is 3. The average Bonchev–Trinajstić information content (AvgIpc) is 3.02. The van der Waals surface area contributed by atoms with Crippen LogP contribution in [0.5, 0.6) is 0 Å². The van der Waals surface area contributed by atoms with Crippen LogP contribution in [0.25, 0.3) is 11.5 Å². The van der Waals surface area contributed by atoms with Crippen molar-refractivity contribution in [3.63, 3.8) is 0 Å². The van der Waals surface area contributed by atoms with E-state index >= 15 is 0 Å². The molecule has 3 rings (SSSR count). The molecule has 1 aromatic carbocycles. The fourth-order valence-corrected chi connectivity index (χ4v) is 2.33. The van der Waals surface area contributed by atoms with Crippen molar-refractivity contribution >= 4 is 33.5 Å². The number of benzene rings is 1. The number of ether oxygens (including phenoxy) is 1. The summed E-state index contributed by atoms with van der Waals surface area (Å²) in [4.78, 5) is 15.7. The van der Waals surface area contributed by atoms with Gasteiger partial charge < -0.3 is 9.15 Å². The molecule has 0 unspecified atom stereocenters. The number of carbonyl (C=O) groups is 1. The first kappa shape index (κ1) is 15.6. The number of hydrogen-bond acceptors (Lipinski definition) is 6. The first-order valence-corrected chi connectivity index (χ1v) is 7.66. The molecule has 0 amide bonds. The van der Waals surface area contributed by atoms with Crippen molar-refractivity contribution in [2.75, 3.05) is 0 Å². The third kappa shape index (κ3) is 3.75. The van der Waals surface area contributed by atoms with E-state index in [1.54, 1.807) is 0 Å². The second kappa shape index (κ2) is 6.89. The molecule has 2 aromatic heterocycles. The lowest BCUT2D eigenvalue weighted by molar-refractivity contribution is 0.0438. The lowest BCUT2D eigenvalue weighted by atomic mass is 10.2. The molecule has 0 bridgehead atoms. The lowest BCUT2D eigenvalue weighted by Gasteiger charge is -2.01. The van der Waals surface area contributed by atoms with Crippen LogP contribution >= 0.6 is 27.5 Å². The summed E-state index contributed by atoms with van der Waals surface area (Å²) in [7, 11) is 0. The predicted molar refractivity (Wildman–Crippen MR) is 85.8 cm³/mol. The molecule has 23 heavy (non-hydrogen) atoms. The molecule has 0 saturated carbocycles. The first-order chi connectivity index (χ1) is 11.1. The van der Waals surface area contributed by atoms with Gasteiger partial charge in [-0.05, 0) is 40.2 Å². The van der Waals surface area contributed by atoms with Gasteiger partial charge >= 0.3 is 5.97 Å². The van der Waals surface area contributed by atoms with Crippen molar-refractivity contribution in [1.29, 1.82) is 0 Å². The third-order valence-electron chi connectivity index (χ3n) is 2.86. The maximum absolute atomic E-state index is 11.9. The summed E-state index contributed by atoms with van der Waals surface area (Å²) in [5, 5.41) is 8.11. The molecule has 0 N–H and O–H groups in total. The molecule has 6 nitrogen and oxygen atoms in total. The molecule has 2 heterocycles. The van der Waals surface area contributed by atoms with Crippen LogP contribution in [0.4, 0.5) is 0 Å². The number of pyridine rings is 1. The molecular weight excluding hydrogens is 386 g/mol. The fraction of sp³-hybridized carbons (Fsp3) is 0.0667. The summed E-state index contributed by atoms with van der Waals surface area (Å²) in [5.74, 6) is -0.00230. The predicted octanol–water partition coefficient (Wildman–Crippen LogP) is 3.90. The minimum atomic E-state index is -0.546. The highest BCUT2D eigenvalue weighted by Gasteiger charge is 2.14. The molecule has 0 radical (unpaired) electrons. The Labute approximate surface area is 144 Å². The maximum atomic E-state index is 11.9. The normalized spacial score (nSPS) is 10.5. The van der Waals surface area contributed by atoms with Gasteiger partial charge in [0.05, 0.1) is 11.1 Å². The highest BCUT2D eigenvalue weighted by molar-refractivity contribution is 9.10. The number of nitrogens with zero attached hydrogens (tertiary/aromatic N) is 3. The van der Waals surface area contributed by atoms with Gasteiger partial charge in [0.2, 0.25) is 5.89 Å². The van der Waals surface area contributed by atoms with E-state index in [4.69, 9.17) is 20.8 Å². The molecular formula is C15H9BrClN3O3. The number of rotatable bonds is 4. The largest absolute Gasteiger partial charge is 0.452 e. The monoisotopic (exact) mass is 393 g/mol. The Hall–Kier alpha value is -2.25. The Bertz CT molecular complexity index is 836. The zero-order valence-corrected chi connectivity index (χ0v) is 13.9. The third-order valence-corrected chi connectivity index (χ3v) is 3.78. The van der Waals surface area contributed by atoms with Crippen LogP contribution in [-0.4, -0.2) is 21.2 Å². The summed E-state index contributed by atoms with van der Waals surface area (Å²) in [5.41, 5.74) is 1.06. The van der Waals surface area contributed by atoms with E-state index in [1.165, 1.54) is 18.3 Å². The molecule has 0 fully saturated rings. The van der Waals surface area contributed by atoms with Gasteiger partial charge in [-0.2, -0.15) is 0 Å². The highest BCUT2D eigenvalue weighted by atomic mass is 79.9. The van der Waals surface area contributed by atoms with E-state index in [1.807, 2.05) is 24.3 Å². The molecule has 3 aromatic rings. The van der Waals surface area contributed by atoms with Gasteiger partial charge in [0, 0.05) is 10.7 Å². The molecule has 0 saturated heterocycles. The molecule has 0 atom stereocenters. The zero-order chi connectivity index (χ0) is 16.2. The Morgan fingerprint density at radius 2 is 2.04 bits per heavy atom. The van der Waals surface area contributed by atoms with E-state index in [9.17, 15) is 4.79 Å². The minimum absolute atomic E-state index is 0.126. The number of esters is 1. The smallest absolute Gasteiger partial charge is 0.340 e. The van der Waals surface area contributed by atoms with Crippen LogP contribution in [0.2, 0.25) is 5.15 Å². The van der Waals surface area contributed by atoms with Crippen LogP contribution in [0.1, 0.15) is 16.2 Å². The van der Waals surface area contributed by atoms with E-state index < -0.39 is 5.97 Å². The van der Waals surface area contributed by atoms with Crippen LogP contribution < -0.4 is 0 Å². The molecule has 116 valence electrons. The Morgan fingerprint density at radius 3 is 2.78 bits per heavy atom. The molecule has 8 heteroatoms. The Balaban J connectivity index is 1.67. The maximum Gasteiger partial charge on any atom is 0.340 e. The van der Waals surface area contributed by atoms with Crippen molar-refractivity contribution in [2.24, 2.45) is 0 Å². The van der Waals surface area contributed by atoms with Crippen LogP contribution in [0, 0.1) is 0 Å². The van der Waals surface area contributed by atoms with Crippen molar-refractivity contribution in [3.8, 4) is 11.5 Å². The molecule has 0 aliphatic carbocycles. The van der Waals surface area contributed by atoms with Crippen LogP contribution in [-0.2, 0) is 11.3 Å². The summed E-state index contributed by atoms with van der Waals surface area (Å²) >= 11 is 9.07. The van der Waals surface area contributed by atoms with Gasteiger partial charge in [-0.15, -0.1) is 10.2 Å². The second-order valence-electron chi connectivity index (χ2n) is 4.43. The Kier molecular flexibility index (Phi) is 4.68. The number of carbonyl (C=O) groups excluding carboxylic acids is 1. The van der Waals surface area contributed by atoms with Crippen molar-refractivity contribution in [1.82, 2.24) is 15.2 Å². The van der Waals surface area contributed by atoms with Gasteiger partial charge in [-0.25, -0.2) is 9.78 Å². The average molecular weight is 395 g/mol. The van der Waals surface area contributed by atoms with E-state index in [-0.39, 0.29) is 12.5 Å². The fourth-order valence-electron chi connectivity index (χ4n) is 1.76. The minimum Gasteiger partial charge on any atom is -0.452 e. The van der Waals surface area contributed by atoms with Gasteiger partial charge in [-0.3, -0.25) is 0 Å². The standard InChI is InChI=1S/C15H9BrClN3O3/c16-11-4-2-1-3-10(11)14-20-19-13(23-14)8-22-15(21)9-5-6-12(17)18-7-9/h1-7H,8H2. The summed E-state index contributed by atoms with van der Waals surface area (Å²) in [6.45, 7) is -0.126. The van der Waals surface area contributed by atoms with E-state index in [0.717, 1.165) is 10.0 Å². The quantitative estimate of drug-likeness (QED) is 0.493. The molecule has 0 spiro atoms. The SMILES string of the molecule is O=C(OCc1nnc(-c2ccccc2Br)o1)c1ccc(Cl)nc1. The Morgan fingerprint density at radius 1 is 1.22 bits per heavy atom. The van der Waals surface area contributed by atoms with Crippen molar-refractivity contribution in [2.45, 2.75) is 6.61 Å². The first-order valence-electron chi connectivity index (χ1n) is 6.49. The van der Waals surface area contributed by atoms with Crippen molar-refractivity contribution in [3.05, 3.63) is 63.7 Å². The van der Waals surface area contributed by atoms with Gasteiger partial charge in [-0.1, -0.05) is 23.7 Å². The lowest BCUT2D eigenvalue weighted by Crippen LogP contribution is -2.05. The van der Waals surface area contributed by atoms with Gasteiger partial charge in [0.25, 0.3) is 5.89 Å². The molecule has 0 aliphatic heterocycles. The number of hydrogen-bond donors (Lipinski definition) is 0.